The molecule has 4 nitrogen and oxygen atoms in total. The Bertz CT molecular complexity index is 2550. The molecule has 0 aliphatic carbocycles. The van der Waals surface area contributed by atoms with E-state index in [-0.39, 0.29) is 6.04 Å². The van der Waals surface area contributed by atoms with Crippen molar-refractivity contribution in [2.75, 3.05) is 0 Å². The van der Waals surface area contributed by atoms with Gasteiger partial charge in [-0.2, -0.15) is 0 Å². The van der Waals surface area contributed by atoms with E-state index in [4.69, 9.17) is 20.3 Å². The molecule has 9 rings (SSSR count). The normalized spacial score (nSPS) is 13.9. The average Bonchev–Trinajstić information content (AvgIpc) is 3.14. The molecule has 48 heavy (non-hydrogen) atoms. The predicted octanol–water partition coefficient (Wildman–Crippen LogP) is 11.7. The second-order valence-electron chi connectivity index (χ2n) is 12.7. The van der Waals surface area contributed by atoms with Crippen molar-refractivity contribution in [1.29, 1.82) is 0 Å². The molecule has 0 spiro atoms. The number of nitrogens with zero attached hydrogens (tertiary/aromatic N) is 4. The van der Waals surface area contributed by atoms with Gasteiger partial charge in [0.25, 0.3) is 0 Å². The van der Waals surface area contributed by atoms with Gasteiger partial charge < -0.3 is 5.32 Å². The molecule has 228 valence electrons. The van der Waals surface area contributed by atoms with Crippen molar-refractivity contribution in [2.24, 2.45) is 0 Å². The third kappa shape index (κ3) is 4.99. The van der Waals surface area contributed by atoms with E-state index in [1.165, 1.54) is 11.1 Å². The summed E-state index contributed by atoms with van der Waals surface area (Å²) in [6.45, 7) is 4.20. The molecular formula is C44H31N4-. The van der Waals surface area contributed by atoms with Crippen molar-refractivity contribution in [3.63, 3.8) is 0 Å². The van der Waals surface area contributed by atoms with Crippen LogP contribution in [0.3, 0.4) is 0 Å². The summed E-state index contributed by atoms with van der Waals surface area (Å²) in [4.78, 5) is 15.4. The number of benzene rings is 5. The second kappa shape index (κ2) is 11.3. The summed E-state index contributed by atoms with van der Waals surface area (Å²) < 4.78 is 0. The molecule has 0 fully saturated rings. The Balaban J connectivity index is 1.08. The molecule has 0 amide bonds. The highest BCUT2D eigenvalue weighted by molar-refractivity contribution is 6.04. The van der Waals surface area contributed by atoms with Gasteiger partial charge in [-0.15, -0.1) is 5.69 Å². The molecule has 8 aromatic rings. The largest absolute Gasteiger partial charge is 0.673 e. The monoisotopic (exact) mass is 615 g/mol. The maximum atomic E-state index is 5.28. The number of hydrogen-bond donors (Lipinski definition) is 0. The smallest absolute Gasteiger partial charge is 0.0972 e. The van der Waals surface area contributed by atoms with Gasteiger partial charge in [0.05, 0.1) is 33.6 Å². The van der Waals surface area contributed by atoms with Crippen molar-refractivity contribution < 1.29 is 0 Å². The summed E-state index contributed by atoms with van der Waals surface area (Å²) >= 11 is 0. The van der Waals surface area contributed by atoms with Crippen LogP contribution < -0.4 is 0 Å². The lowest BCUT2D eigenvalue weighted by Crippen LogP contribution is -1.99. The van der Waals surface area contributed by atoms with E-state index in [0.29, 0.717) is 0 Å². The Morgan fingerprint density at radius 3 is 1.58 bits per heavy atom. The maximum Gasteiger partial charge on any atom is 0.0972 e. The van der Waals surface area contributed by atoms with E-state index in [0.717, 1.165) is 83.3 Å². The molecule has 1 unspecified atom stereocenters. The Hall–Kier alpha value is -6.13. The summed E-state index contributed by atoms with van der Waals surface area (Å²) in [5.74, 6) is 0. The Morgan fingerprint density at radius 1 is 0.479 bits per heavy atom. The van der Waals surface area contributed by atoms with E-state index >= 15 is 0 Å². The van der Waals surface area contributed by atoms with Gasteiger partial charge >= 0.3 is 0 Å². The molecule has 5 aromatic carbocycles. The first-order valence-electron chi connectivity index (χ1n) is 16.3. The fraction of sp³-hybridized carbons (Fsp3) is 0.0682. The summed E-state index contributed by atoms with van der Waals surface area (Å²) in [5.41, 5.74) is 14.4. The molecular weight excluding hydrogens is 585 g/mol. The zero-order valence-corrected chi connectivity index (χ0v) is 26.7. The van der Waals surface area contributed by atoms with Crippen molar-refractivity contribution in [1.82, 2.24) is 15.0 Å². The molecule has 0 saturated carbocycles. The van der Waals surface area contributed by atoms with Crippen LogP contribution in [0.25, 0.3) is 77.9 Å². The molecule has 1 aliphatic rings. The standard InChI is InChI=1S/C44H31N4/c1-27-6-10-29(11-7-27)37-22-18-31-14-16-33-20-24-39(47-43(33)41(31)45-37)35-4-3-5-36(26-35)40-25-21-34-17-15-32-19-23-38(46-42(32)44(34)48-40)30-12-8-28(2)9-13-30/h3-26,39H,1-2H3/q-1. The highest BCUT2D eigenvalue weighted by Crippen LogP contribution is 2.45. The van der Waals surface area contributed by atoms with Gasteiger partial charge in [0.15, 0.2) is 0 Å². The Kier molecular flexibility index (Phi) is 6.61. The fourth-order valence-corrected chi connectivity index (χ4v) is 6.60. The molecule has 4 heterocycles. The van der Waals surface area contributed by atoms with Crippen LogP contribution in [0.2, 0.25) is 0 Å². The van der Waals surface area contributed by atoms with E-state index < -0.39 is 0 Å². The van der Waals surface area contributed by atoms with Crippen LogP contribution in [0.15, 0.2) is 140 Å². The molecule has 0 saturated heterocycles. The zero-order chi connectivity index (χ0) is 32.2. The summed E-state index contributed by atoms with van der Waals surface area (Å²) in [5, 5.41) is 8.52. The fourth-order valence-electron chi connectivity index (χ4n) is 6.60. The molecule has 3 aromatic heterocycles. The Labute approximate surface area is 279 Å². The first kappa shape index (κ1) is 28.1. The lowest BCUT2D eigenvalue weighted by molar-refractivity contribution is 1.04. The molecule has 1 atom stereocenters. The number of pyridine rings is 3. The van der Waals surface area contributed by atoms with Crippen LogP contribution in [0.1, 0.15) is 28.3 Å². The molecule has 1 aliphatic heterocycles. The van der Waals surface area contributed by atoms with Gasteiger partial charge in [0, 0.05) is 27.5 Å². The predicted molar refractivity (Wildman–Crippen MR) is 199 cm³/mol. The average molecular weight is 616 g/mol. The van der Waals surface area contributed by atoms with Gasteiger partial charge in [-0.3, -0.25) is 0 Å². The number of aryl methyl sites for hydroxylation is 2. The summed E-state index contributed by atoms with van der Waals surface area (Å²) in [6.07, 6.45) is 4.35. The van der Waals surface area contributed by atoms with E-state index in [9.17, 15) is 0 Å². The van der Waals surface area contributed by atoms with Gasteiger partial charge in [-0.05, 0) is 43.0 Å². The molecule has 0 N–H and O–H groups in total. The molecule has 0 bridgehead atoms. The first-order chi connectivity index (χ1) is 23.6. The first-order valence-corrected chi connectivity index (χ1v) is 16.3. The van der Waals surface area contributed by atoms with Crippen molar-refractivity contribution in [3.8, 4) is 33.8 Å². The Morgan fingerprint density at radius 2 is 0.979 bits per heavy atom. The highest BCUT2D eigenvalue weighted by atomic mass is 14.9. The van der Waals surface area contributed by atoms with Crippen LogP contribution >= 0.6 is 0 Å². The van der Waals surface area contributed by atoms with E-state index in [2.05, 4.69) is 159 Å². The highest BCUT2D eigenvalue weighted by Gasteiger charge is 2.13. The van der Waals surface area contributed by atoms with Gasteiger partial charge in [0.2, 0.25) is 0 Å². The lowest BCUT2D eigenvalue weighted by Gasteiger charge is -2.37. The van der Waals surface area contributed by atoms with Crippen LogP contribution in [0, 0.1) is 13.8 Å². The van der Waals surface area contributed by atoms with Crippen molar-refractivity contribution in [3.05, 3.63) is 167 Å². The van der Waals surface area contributed by atoms with Gasteiger partial charge in [-0.1, -0.05) is 150 Å². The number of rotatable bonds is 4. The lowest BCUT2D eigenvalue weighted by atomic mass is 9.96. The minimum Gasteiger partial charge on any atom is -0.673 e. The molecule has 4 heteroatoms. The SMILES string of the molecule is Cc1ccc(-c2ccc3ccc4c(c3n2)[N-]C(c2cccc(-c3ccc5ccc6ccc(-c7ccc(C)cc7)nc6c5n3)c2)C=C4)cc1. The number of fused-ring (bicyclic) bond motifs is 6. The molecule has 0 radical (unpaired) electrons. The minimum absolute atomic E-state index is 0.132. The third-order valence-corrected chi connectivity index (χ3v) is 9.33. The second-order valence-corrected chi connectivity index (χ2v) is 12.7. The van der Waals surface area contributed by atoms with Gasteiger partial charge in [-0.25, -0.2) is 15.0 Å². The number of hydrogen-bond acceptors (Lipinski definition) is 3. The van der Waals surface area contributed by atoms with Crippen LogP contribution in [0.4, 0.5) is 5.69 Å². The number of aromatic nitrogens is 3. The summed E-state index contributed by atoms with van der Waals surface area (Å²) in [6, 6.07) is 46.7. The minimum atomic E-state index is -0.132. The topological polar surface area (TPSA) is 52.8 Å². The van der Waals surface area contributed by atoms with E-state index in [1.54, 1.807) is 0 Å². The van der Waals surface area contributed by atoms with Crippen LogP contribution in [-0.2, 0) is 0 Å². The maximum absolute atomic E-state index is 5.28. The van der Waals surface area contributed by atoms with Crippen molar-refractivity contribution in [2.45, 2.75) is 19.9 Å². The quantitative estimate of drug-likeness (QED) is 0.185. The zero-order valence-electron chi connectivity index (χ0n) is 26.7. The summed E-state index contributed by atoms with van der Waals surface area (Å²) in [7, 11) is 0. The van der Waals surface area contributed by atoms with Gasteiger partial charge in [0.1, 0.15) is 0 Å². The van der Waals surface area contributed by atoms with Crippen molar-refractivity contribution >= 4 is 44.5 Å². The van der Waals surface area contributed by atoms with E-state index in [1.807, 2.05) is 0 Å². The van der Waals surface area contributed by atoms with Crippen LogP contribution in [-0.4, -0.2) is 15.0 Å². The van der Waals surface area contributed by atoms with Crippen LogP contribution in [0.5, 0.6) is 0 Å². The third-order valence-electron chi connectivity index (χ3n) is 9.33.